The van der Waals surface area contributed by atoms with Gasteiger partial charge in [0.1, 0.15) is 5.75 Å². The predicted molar refractivity (Wildman–Crippen MR) is 84.0 cm³/mol. The third-order valence-electron chi connectivity index (χ3n) is 4.10. The van der Waals surface area contributed by atoms with Crippen molar-refractivity contribution in [2.75, 3.05) is 6.54 Å². The summed E-state index contributed by atoms with van der Waals surface area (Å²) in [4.78, 5) is 4.00. The van der Waals surface area contributed by atoms with Crippen molar-refractivity contribution in [1.29, 1.82) is 0 Å². The van der Waals surface area contributed by atoms with E-state index >= 15 is 0 Å². The monoisotopic (exact) mass is 287 g/mol. The van der Waals surface area contributed by atoms with Gasteiger partial charge >= 0.3 is 0 Å². The second-order valence-electron chi connectivity index (χ2n) is 5.48. The summed E-state index contributed by atoms with van der Waals surface area (Å²) in [6, 6.07) is 12.6. The number of aromatic hydroxyl groups is 1. The van der Waals surface area contributed by atoms with Crippen LogP contribution >= 0.6 is 11.3 Å². The molecular weight excluding hydrogens is 266 g/mol. The number of rotatable bonds is 3. The minimum Gasteiger partial charge on any atom is -0.508 e. The second-order valence-corrected chi connectivity index (χ2v) is 6.46. The molecule has 0 radical (unpaired) electrons. The first-order valence-electron chi connectivity index (χ1n) is 7.39. The van der Waals surface area contributed by atoms with E-state index in [1.165, 1.54) is 30.6 Å². The summed E-state index contributed by atoms with van der Waals surface area (Å²) in [5.41, 5.74) is 1.04. The van der Waals surface area contributed by atoms with Gasteiger partial charge < -0.3 is 5.11 Å². The molecule has 3 heteroatoms. The van der Waals surface area contributed by atoms with Gasteiger partial charge in [0.15, 0.2) is 0 Å². The van der Waals surface area contributed by atoms with Gasteiger partial charge in [-0.05, 0) is 36.9 Å². The molecule has 1 aromatic carbocycles. The van der Waals surface area contributed by atoms with Crippen LogP contribution in [0.4, 0.5) is 0 Å². The minimum atomic E-state index is 0.418. The fourth-order valence-electron chi connectivity index (χ4n) is 3.02. The molecule has 3 rings (SSSR count). The highest BCUT2D eigenvalue weighted by atomic mass is 32.1. The highest BCUT2D eigenvalue weighted by Gasteiger charge is 2.23. The van der Waals surface area contributed by atoms with E-state index in [0.717, 1.165) is 18.7 Å². The molecule has 1 atom stereocenters. The molecule has 0 spiro atoms. The average Bonchev–Trinajstić information content (AvgIpc) is 2.89. The molecule has 2 nitrogen and oxygen atoms in total. The SMILES string of the molecule is Oc1ccccc1CN1CCCCC[C@H]1c1cccs1. The van der Waals surface area contributed by atoms with E-state index in [2.05, 4.69) is 22.4 Å². The molecule has 0 amide bonds. The third kappa shape index (κ3) is 3.05. The molecule has 0 saturated carbocycles. The summed E-state index contributed by atoms with van der Waals surface area (Å²) >= 11 is 1.85. The molecule has 2 heterocycles. The van der Waals surface area contributed by atoms with Crippen molar-refractivity contribution in [3.63, 3.8) is 0 Å². The van der Waals surface area contributed by atoms with Gasteiger partial charge in [-0.1, -0.05) is 37.1 Å². The number of hydrogen-bond acceptors (Lipinski definition) is 3. The van der Waals surface area contributed by atoms with Gasteiger partial charge in [0.05, 0.1) is 0 Å². The van der Waals surface area contributed by atoms with Crippen LogP contribution in [0.25, 0.3) is 0 Å². The summed E-state index contributed by atoms with van der Waals surface area (Å²) in [6.45, 7) is 1.96. The maximum atomic E-state index is 10.0. The Kier molecular flexibility index (Phi) is 4.38. The van der Waals surface area contributed by atoms with Crippen LogP contribution in [-0.2, 0) is 6.54 Å². The summed E-state index contributed by atoms with van der Waals surface area (Å²) < 4.78 is 0. The molecule has 106 valence electrons. The molecule has 1 saturated heterocycles. The predicted octanol–water partition coefficient (Wildman–Crippen LogP) is 4.57. The second kappa shape index (κ2) is 6.42. The molecule has 1 aliphatic heterocycles. The van der Waals surface area contributed by atoms with Gasteiger partial charge in [-0.2, -0.15) is 0 Å². The van der Waals surface area contributed by atoms with Crippen LogP contribution in [0.2, 0.25) is 0 Å². The number of thiophene rings is 1. The topological polar surface area (TPSA) is 23.5 Å². The summed E-state index contributed by atoms with van der Waals surface area (Å²) in [5.74, 6) is 0.418. The van der Waals surface area contributed by atoms with Crippen LogP contribution in [0.1, 0.15) is 42.2 Å². The number of hydrogen-bond donors (Lipinski definition) is 1. The molecule has 1 aromatic heterocycles. The molecule has 20 heavy (non-hydrogen) atoms. The number of likely N-dealkylation sites (tertiary alicyclic amines) is 1. The molecule has 2 aromatic rings. The smallest absolute Gasteiger partial charge is 0.120 e. The zero-order chi connectivity index (χ0) is 13.8. The normalized spacial score (nSPS) is 20.7. The number of phenols is 1. The van der Waals surface area contributed by atoms with E-state index in [4.69, 9.17) is 0 Å². The number of nitrogens with zero attached hydrogens (tertiary/aromatic N) is 1. The van der Waals surface area contributed by atoms with E-state index in [-0.39, 0.29) is 0 Å². The first-order valence-corrected chi connectivity index (χ1v) is 8.27. The zero-order valence-corrected chi connectivity index (χ0v) is 12.5. The molecule has 0 aliphatic carbocycles. The first-order chi connectivity index (χ1) is 9.84. The van der Waals surface area contributed by atoms with Crippen molar-refractivity contribution >= 4 is 11.3 Å². The highest BCUT2D eigenvalue weighted by Crippen LogP contribution is 2.34. The largest absolute Gasteiger partial charge is 0.508 e. The lowest BCUT2D eigenvalue weighted by Gasteiger charge is -2.29. The molecule has 0 bridgehead atoms. The van der Waals surface area contributed by atoms with E-state index in [1.54, 1.807) is 6.07 Å². The highest BCUT2D eigenvalue weighted by molar-refractivity contribution is 7.10. The Bertz CT molecular complexity index is 538. The Hall–Kier alpha value is -1.32. The van der Waals surface area contributed by atoms with Gasteiger partial charge in [-0.15, -0.1) is 11.3 Å². The number of para-hydroxylation sites is 1. The van der Waals surface area contributed by atoms with E-state index in [9.17, 15) is 5.11 Å². The van der Waals surface area contributed by atoms with E-state index in [0.29, 0.717) is 11.8 Å². The Morgan fingerprint density at radius 1 is 1.10 bits per heavy atom. The van der Waals surface area contributed by atoms with E-state index < -0.39 is 0 Å². The maximum Gasteiger partial charge on any atom is 0.120 e. The van der Waals surface area contributed by atoms with Crippen LogP contribution in [0.3, 0.4) is 0 Å². The molecule has 1 N–H and O–H groups in total. The first kappa shape index (κ1) is 13.7. The standard InChI is InChI=1S/C17H21NOS/c19-16-9-4-3-7-14(16)13-18-11-5-1-2-8-15(18)17-10-6-12-20-17/h3-4,6-7,9-10,12,15,19H,1-2,5,8,11,13H2/t15-/m0/s1. The van der Waals surface area contributed by atoms with Crippen molar-refractivity contribution in [2.24, 2.45) is 0 Å². The van der Waals surface area contributed by atoms with Gasteiger partial charge in [-0.25, -0.2) is 0 Å². The molecule has 0 unspecified atom stereocenters. The Morgan fingerprint density at radius 3 is 2.80 bits per heavy atom. The van der Waals surface area contributed by atoms with Crippen LogP contribution < -0.4 is 0 Å². The Morgan fingerprint density at radius 2 is 2.00 bits per heavy atom. The van der Waals surface area contributed by atoms with Crippen LogP contribution in [-0.4, -0.2) is 16.6 Å². The molecular formula is C17H21NOS. The van der Waals surface area contributed by atoms with Crippen LogP contribution in [0.5, 0.6) is 5.75 Å². The summed E-state index contributed by atoms with van der Waals surface area (Å²) in [6.07, 6.45) is 5.11. The van der Waals surface area contributed by atoms with Crippen molar-refractivity contribution in [3.05, 3.63) is 52.2 Å². The van der Waals surface area contributed by atoms with Crippen molar-refractivity contribution < 1.29 is 5.11 Å². The van der Waals surface area contributed by atoms with Crippen LogP contribution in [0, 0.1) is 0 Å². The lowest BCUT2D eigenvalue weighted by molar-refractivity contribution is 0.193. The van der Waals surface area contributed by atoms with Crippen molar-refractivity contribution in [3.8, 4) is 5.75 Å². The maximum absolute atomic E-state index is 10.0. The van der Waals surface area contributed by atoms with Crippen molar-refractivity contribution in [2.45, 2.75) is 38.3 Å². The fourth-order valence-corrected chi connectivity index (χ4v) is 3.92. The lowest BCUT2D eigenvalue weighted by Crippen LogP contribution is -2.27. The van der Waals surface area contributed by atoms with Gasteiger partial charge in [-0.3, -0.25) is 4.90 Å². The zero-order valence-electron chi connectivity index (χ0n) is 11.7. The molecule has 1 aliphatic rings. The third-order valence-corrected chi connectivity index (χ3v) is 5.07. The van der Waals surface area contributed by atoms with Gasteiger partial charge in [0.25, 0.3) is 0 Å². The van der Waals surface area contributed by atoms with Gasteiger partial charge in [0, 0.05) is 23.0 Å². The fraction of sp³-hybridized carbons (Fsp3) is 0.412. The van der Waals surface area contributed by atoms with Crippen LogP contribution in [0.15, 0.2) is 41.8 Å². The summed E-state index contributed by atoms with van der Waals surface area (Å²) in [7, 11) is 0. The Labute approximate surface area is 124 Å². The van der Waals surface area contributed by atoms with Crippen molar-refractivity contribution in [1.82, 2.24) is 4.90 Å². The van der Waals surface area contributed by atoms with Gasteiger partial charge in [0.2, 0.25) is 0 Å². The molecule has 1 fully saturated rings. The average molecular weight is 287 g/mol. The quantitative estimate of drug-likeness (QED) is 0.893. The Balaban J connectivity index is 1.82. The summed E-state index contributed by atoms with van der Waals surface area (Å²) in [5, 5.41) is 12.2. The van der Waals surface area contributed by atoms with E-state index in [1.807, 2.05) is 29.5 Å². The number of phenolic OH excluding ortho intramolecular Hbond substituents is 1. The lowest BCUT2D eigenvalue weighted by atomic mass is 10.1. The number of benzene rings is 1. The minimum absolute atomic E-state index is 0.418.